The van der Waals surface area contributed by atoms with Crippen LogP contribution in [-0.2, 0) is 14.8 Å². The Morgan fingerprint density at radius 2 is 2.14 bits per heavy atom. The second-order valence-corrected chi connectivity index (χ2v) is 9.54. The molecule has 1 saturated heterocycles. The van der Waals surface area contributed by atoms with Crippen LogP contribution in [0.3, 0.4) is 0 Å². The maximum Gasteiger partial charge on any atom is 0.322 e. The lowest BCUT2D eigenvalue weighted by atomic mass is 10.1. The Labute approximate surface area is 166 Å². The average Bonchev–Trinajstić information content (AvgIpc) is 3.42. The number of aryl methyl sites for hydroxylation is 1. The first-order chi connectivity index (χ1) is 13.4. The highest BCUT2D eigenvalue weighted by Crippen LogP contribution is 2.29. The van der Waals surface area contributed by atoms with E-state index in [0.29, 0.717) is 19.4 Å². The number of benzene rings is 1. The van der Waals surface area contributed by atoms with Crippen LogP contribution in [0.25, 0.3) is 11.5 Å². The molecule has 1 amide bonds. The molecule has 3 heterocycles. The third-order valence-corrected chi connectivity index (χ3v) is 7.77. The molecular formula is C18H18N4O4S2. The minimum Gasteiger partial charge on any atom is -0.403 e. The van der Waals surface area contributed by atoms with E-state index < -0.39 is 22.0 Å². The topological polar surface area (TPSA) is 105 Å². The van der Waals surface area contributed by atoms with E-state index >= 15 is 0 Å². The van der Waals surface area contributed by atoms with Crippen LogP contribution in [-0.4, -0.2) is 41.4 Å². The van der Waals surface area contributed by atoms with Crippen LogP contribution in [0.1, 0.15) is 18.4 Å². The van der Waals surface area contributed by atoms with Crippen LogP contribution in [0.15, 0.2) is 50.4 Å². The molecule has 146 valence electrons. The molecule has 2 aromatic heterocycles. The molecule has 0 spiro atoms. The Hall–Kier alpha value is -2.56. The predicted octanol–water partition coefficient (Wildman–Crippen LogP) is 2.90. The number of amides is 1. The molecule has 0 radical (unpaired) electrons. The zero-order valence-electron chi connectivity index (χ0n) is 15.0. The van der Waals surface area contributed by atoms with E-state index in [1.807, 2.05) is 31.2 Å². The molecule has 1 unspecified atom stereocenters. The number of aromatic nitrogens is 2. The number of nitrogens with zero attached hydrogens (tertiary/aromatic N) is 3. The van der Waals surface area contributed by atoms with Crippen LogP contribution in [0, 0.1) is 6.92 Å². The van der Waals surface area contributed by atoms with Gasteiger partial charge in [-0.2, -0.15) is 4.31 Å². The van der Waals surface area contributed by atoms with Gasteiger partial charge in [-0.05, 0) is 43.3 Å². The highest BCUT2D eigenvalue weighted by Gasteiger charge is 2.40. The minimum absolute atomic E-state index is 0.0538. The van der Waals surface area contributed by atoms with Crippen molar-refractivity contribution < 1.29 is 17.6 Å². The van der Waals surface area contributed by atoms with Crippen LogP contribution >= 0.6 is 11.3 Å². The lowest BCUT2D eigenvalue weighted by molar-refractivity contribution is -0.119. The highest BCUT2D eigenvalue weighted by atomic mass is 32.2. The summed E-state index contributed by atoms with van der Waals surface area (Å²) in [5, 5.41) is 12.1. The summed E-state index contributed by atoms with van der Waals surface area (Å²) in [5.41, 5.74) is 1.79. The summed E-state index contributed by atoms with van der Waals surface area (Å²) in [5.74, 6) is -0.189. The van der Waals surface area contributed by atoms with E-state index in [0.717, 1.165) is 22.5 Å². The number of carbonyl (C=O) groups excluding carboxylic acids is 1. The van der Waals surface area contributed by atoms with Gasteiger partial charge in [0.05, 0.1) is 0 Å². The van der Waals surface area contributed by atoms with Gasteiger partial charge in [0.15, 0.2) is 0 Å². The third kappa shape index (κ3) is 3.58. The van der Waals surface area contributed by atoms with Crippen LogP contribution < -0.4 is 5.32 Å². The zero-order chi connectivity index (χ0) is 19.7. The number of hydrogen-bond acceptors (Lipinski definition) is 7. The van der Waals surface area contributed by atoms with Gasteiger partial charge < -0.3 is 4.42 Å². The molecule has 0 aliphatic carbocycles. The number of nitrogens with one attached hydrogen (secondary N) is 1. The van der Waals surface area contributed by atoms with Crippen molar-refractivity contribution in [3.05, 3.63) is 47.3 Å². The van der Waals surface area contributed by atoms with Gasteiger partial charge in [0.2, 0.25) is 11.8 Å². The first-order valence-electron chi connectivity index (χ1n) is 8.72. The number of hydrogen-bond donors (Lipinski definition) is 1. The van der Waals surface area contributed by atoms with Gasteiger partial charge in [0, 0.05) is 12.1 Å². The van der Waals surface area contributed by atoms with Crippen molar-refractivity contribution in [2.45, 2.75) is 30.0 Å². The summed E-state index contributed by atoms with van der Waals surface area (Å²) < 4.78 is 32.6. The normalized spacial score (nSPS) is 17.7. The van der Waals surface area contributed by atoms with Crippen molar-refractivity contribution in [1.29, 1.82) is 0 Å². The van der Waals surface area contributed by atoms with E-state index in [9.17, 15) is 13.2 Å². The summed E-state index contributed by atoms with van der Waals surface area (Å²) in [4.78, 5) is 12.7. The Morgan fingerprint density at radius 3 is 2.89 bits per heavy atom. The zero-order valence-corrected chi connectivity index (χ0v) is 16.7. The molecule has 1 aliphatic heterocycles. The average molecular weight is 419 g/mol. The highest BCUT2D eigenvalue weighted by molar-refractivity contribution is 7.91. The Morgan fingerprint density at radius 1 is 1.29 bits per heavy atom. The van der Waals surface area contributed by atoms with Gasteiger partial charge in [0.1, 0.15) is 10.3 Å². The second-order valence-electron chi connectivity index (χ2n) is 6.48. The van der Waals surface area contributed by atoms with Crippen molar-refractivity contribution in [1.82, 2.24) is 14.5 Å². The number of thiophene rings is 1. The minimum atomic E-state index is -3.70. The van der Waals surface area contributed by atoms with Gasteiger partial charge in [0.25, 0.3) is 10.0 Å². The largest absolute Gasteiger partial charge is 0.403 e. The third-order valence-electron chi connectivity index (χ3n) is 4.48. The smallest absolute Gasteiger partial charge is 0.322 e. The predicted molar refractivity (Wildman–Crippen MR) is 104 cm³/mol. The van der Waals surface area contributed by atoms with Gasteiger partial charge in [-0.1, -0.05) is 28.9 Å². The molecule has 3 aromatic rings. The quantitative estimate of drug-likeness (QED) is 0.683. The molecule has 1 N–H and O–H groups in total. The molecule has 1 aliphatic rings. The maximum atomic E-state index is 12.8. The van der Waals surface area contributed by atoms with E-state index in [1.54, 1.807) is 17.5 Å². The van der Waals surface area contributed by atoms with Crippen molar-refractivity contribution in [3.63, 3.8) is 0 Å². The fraction of sp³-hybridized carbons (Fsp3) is 0.278. The van der Waals surface area contributed by atoms with E-state index in [-0.39, 0.29) is 16.1 Å². The van der Waals surface area contributed by atoms with Crippen LogP contribution in [0.4, 0.5) is 6.01 Å². The standard InChI is InChI=1S/C18H18N4O4S2/c1-12-5-2-6-13(11-12)17-20-21-18(26-17)19-16(23)14-7-3-9-22(14)28(24,25)15-8-4-10-27-15/h2,4-6,8,10-11,14H,3,7,9H2,1H3,(H,19,21,23). The molecular weight excluding hydrogens is 400 g/mol. The van der Waals surface area contributed by atoms with Gasteiger partial charge >= 0.3 is 6.01 Å². The molecule has 28 heavy (non-hydrogen) atoms. The Kier molecular flexibility index (Phi) is 5.00. The first kappa shape index (κ1) is 18.8. The van der Waals surface area contributed by atoms with Gasteiger partial charge in [-0.3, -0.25) is 10.1 Å². The van der Waals surface area contributed by atoms with Crippen molar-refractivity contribution >= 4 is 33.3 Å². The fourth-order valence-corrected chi connectivity index (χ4v) is 5.95. The van der Waals surface area contributed by atoms with Crippen molar-refractivity contribution in [3.8, 4) is 11.5 Å². The summed E-state index contributed by atoms with van der Waals surface area (Å²) in [7, 11) is -3.70. The summed E-state index contributed by atoms with van der Waals surface area (Å²) in [6.45, 7) is 2.25. The van der Waals surface area contributed by atoms with Crippen molar-refractivity contribution in [2.24, 2.45) is 0 Å². The summed E-state index contributed by atoms with van der Waals surface area (Å²) >= 11 is 1.13. The lowest BCUT2D eigenvalue weighted by Crippen LogP contribution is -2.42. The molecule has 1 aromatic carbocycles. The van der Waals surface area contributed by atoms with Crippen molar-refractivity contribution in [2.75, 3.05) is 11.9 Å². The summed E-state index contributed by atoms with van der Waals surface area (Å²) in [6.07, 6.45) is 1.05. The summed E-state index contributed by atoms with van der Waals surface area (Å²) in [6, 6.07) is 9.91. The van der Waals surface area contributed by atoms with Gasteiger partial charge in [-0.15, -0.1) is 16.4 Å². The molecule has 4 rings (SSSR count). The maximum absolute atomic E-state index is 12.8. The molecule has 0 saturated carbocycles. The Balaban J connectivity index is 1.51. The number of carbonyl (C=O) groups is 1. The Bertz CT molecular complexity index is 1090. The molecule has 8 nitrogen and oxygen atoms in total. The fourth-order valence-electron chi connectivity index (χ4n) is 3.17. The van der Waals surface area contributed by atoms with Gasteiger partial charge in [-0.25, -0.2) is 8.42 Å². The molecule has 10 heteroatoms. The van der Waals surface area contributed by atoms with E-state index in [4.69, 9.17) is 4.42 Å². The first-order valence-corrected chi connectivity index (χ1v) is 11.0. The lowest BCUT2D eigenvalue weighted by Gasteiger charge is -2.21. The van der Waals surface area contributed by atoms with Crippen LogP contribution in [0.2, 0.25) is 0 Å². The second kappa shape index (κ2) is 7.46. The molecule has 0 bridgehead atoms. The number of anilines is 1. The van der Waals surface area contributed by atoms with E-state index in [2.05, 4.69) is 15.5 Å². The molecule has 1 fully saturated rings. The monoisotopic (exact) mass is 418 g/mol. The van der Waals surface area contributed by atoms with E-state index in [1.165, 1.54) is 4.31 Å². The molecule has 1 atom stereocenters. The number of rotatable bonds is 5. The SMILES string of the molecule is Cc1cccc(-c2nnc(NC(=O)C3CCCN3S(=O)(=O)c3cccs3)o2)c1. The number of sulfonamides is 1. The van der Waals surface area contributed by atoms with Crippen LogP contribution in [0.5, 0.6) is 0 Å².